The molecule has 1 N–H and O–H groups in total. The normalized spacial score (nSPS) is 11.7. The average molecular weight is 494 g/mol. The molecule has 3 aromatic carbocycles. The molecule has 0 heterocycles. The number of aryl methyl sites for hydroxylation is 3. The lowest BCUT2D eigenvalue weighted by Gasteiger charge is -2.24. The largest absolute Gasteiger partial charge is 0.496 e. The van der Waals surface area contributed by atoms with E-state index >= 15 is 0 Å². The summed E-state index contributed by atoms with van der Waals surface area (Å²) >= 11 is 0. The van der Waals surface area contributed by atoms with Crippen LogP contribution in [0.4, 0.5) is 0 Å². The summed E-state index contributed by atoms with van der Waals surface area (Å²) in [5.41, 5.74) is 6.41. The van der Waals surface area contributed by atoms with Crippen LogP contribution in [-0.4, -0.2) is 45.0 Å². The lowest BCUT2D eigenvalue weighted by atomic mass is 10.1. The van der Waals surface area contributed by atoms with Gasteiger partial charge in [0, 0.05) is 12.1 Å². The van der Waals surface area contributed by atoms with Gasteiger partial charge in [-0.05, 0) is 56.0 Å². The van der Waals surface area contributed by atoms with Crippen LogP contribution in [0.5, 0.6) is 5.75 Å². The van der Waals surface area contributed by atoms with Crippen molar-refractivity contribution >= 4 is 22.1 Å². The zero-order valence-electron chi connectivity index (χ0n) is 20.5. The first-order valence-electron chi connectivity index (χ1n) is 11.3. The Kier molecular flexibility index (Phi) is 8.78. The van der Waals surface area contributed by atoms with Crippen molar-refractivity contribution < 1.29 is 17.9 Å². The van der Waals surface area contributed by atoms with E-state index in [2.05, 4.69) is 10.5 Å². The zero-order valence-corrected chi connectivity index (χ0v) is 21.3. The molecule has 0 bridgehead atoms. The highest BCUT2D eigenvalue weighted by molar-refractivity contribution is 7.89. The van der Waals surface area contributed by atoms with Crippen molar-refractivity contribution in [1.82, 2.24) is 9.73 Å². The Balaban J connectivity index is 1.83. The molecule has 35 heavy (non-hydrogen) atoms. The van der Waals surface area contributed by atoms with Crippen molar-refractivity contribution in [3.8, 4) is 5.75 Å². The van der Waals surface area contributed by atoms with E-state index in [1.165, 1.54) is 10.5 Å². The second-order valence-corrected chi connectivity index (χ2v) is 10.2. The second-order valence-electron chi connectivity index (χ2n) is 8.34. The van der Waals surface area contributed by atoms with Crippen LogP contribution in [0.2, 0.25) is 0 Å². The highest BCUT2D eigenvalue weighted by atomic mass is 32.2. The van der Waals surface area contributed by atoms with Gasteiger partial charge in [0.15, 0.2) is 0 Å². The first-order chi connectivity index (χ1) is 16.7. The standard InChI is InChI=1S/C27H31N3O4S/c1-20-16-21(2)27(22(3)17-20)35(32,33)30(15-14-23-10-6-5-7-11-23)19-26(31)29-28-18-24-12-8-9-13-25(24)34-4/h5-13,16-18H,14-15,19H2,1-4H3,(H,29,31)/b28-18+. The van der Waals surface area contributed by atoms with Gasteiger partial charge in [0.1, 0.15) is 5.75 Å². The molecule has 184 valence electrons. The van der Waals surface area contributed by atoms with Crippen molar-refractivity contribution in [2.75, 3.05) is 20.2 Å². The molecule has 0 saturated carbocycles. The monoisotopic (exact) mass is 493 g/mol. The van der Waals surface area contributed by atoms with Gasteiger partial charge in [-0.2, -0.15) is 9.41 Å². The summed E-state index contributed by atoms with van der Waals surface area (Å²) in [4.78, 5) is 13.0. The summed E-state index contributed by atoms with van der Waals surface area (Å²) in [6.45, 7) is 5.28. The third-order valence-corrected chi connectivity index (χ3v) is 7.70. The van der Waals surface area contributed by atoms with Crippen molar-refractivity contribution in [2.24, 2.45) is 5.10 Å². The molecule has 0 saturated heterocycles. The minimum Gasteiger partial charge on any atom is -0.496 e. The van der Waals surface area contributed by atoms with Crippen LogP contribution in [0, 0.1) is 20.8 Å². The van der Waals surface area contributed by atoms with Crippen molar-refractivity contribution in [1.29, 1.82) is 0 Å². The maximum atomic E-state index is 13.7. The molecular formula is C27H31N3O4S. The number of carbonyl (C=O) groups excluding carboxylic acids is 1. The number of methoxy groups -OCH3 is 1. The lowest BCUT2D eigenvalue weighted by molar-refractivity contribution is -0.121. The van der Waals surface area contributed by atoms with Crippen LogP contribution in [0.1, 0.15) is 27.8 Å². The van der Waals surface area contributed by atoms with E-state index in [1.807, 2.05) is 61.5 Å². The van der Waals surface area contributed by atoms with E-state index in [0.29, 0.717) is 28.9 Å². The predicted molar refractivity (Wildman–Crippen MR) is 138 cm³/mol. The Morgan fingerprint density at radius 3 is 2.29 bits per heavy atom. The van der Waals surface area contributed by atoms with Gasteiger partial charge in [-0.1, -0.05) is 60.2 Å². The topological polar surface area (TPSA) is 88.1 Å². The van der Waals surface area contributed by atoms with E-state index < -0.39 is 15.9 Å². The molecule has 1 amide bonds. The Bertz CT molecular complexity index is 1280. The number of carbonyl (C=O) groups is 1. The molecule has 3 aromatic rings. The van der Waals surface area contributed by atoms with Crippen LogP contribution >= 0.6 is 0 Å². The lowest BCUT2D eigenvalue weighted by Crippen LogP contribution is -2.41. The van der Waals surface area contributed by atoms with E-state index in [1.54, 1.807) is 33.1 Å². The molecule has 8 heteroatoms. The third-order valence-electron chi connectivity index (χ3n) is 5.55. The fraction of sp³-hybridized carbons (Fsp3) is 0.259. The molecule has 0 unspecified atom stereocenters. The second kappa shape index (κ2) is 11.8. The van der Waals surface area contributed by atoms with Crippen LogP contribution in [-0.2, 0) is 21.2 Å². The molecule has 0 aromatic heterocycles. The number of nitrogens with zero attached hydrogens (tertiary/aromatic N) is 2. The summed E-state index contributed by atoms with van der Waals surface area (Å²) in [5.74, 6) is 0.0816. The van der Waals surface area contributed by atoms with E-state index in [0.717, 1.165) is 11.1 Å². The van der Waals surface area contributed by atoms with Gasteiger partial charge in [0.25, 0.3) is 5.91 Å². The van der Waals surface area contributed by atoms with Gasteiger partial charge in [-0.25, -0.2) is 13.8 Å². The molecule has 0 spiro atoms. The van der Waals surface area contributed by atoms with Gasteiger partial charge in [-0.3, -0.25) is 4.79 Å². The number of amides is 1. The first-order valence-corrected chi connectivity index (χ1v) is 12.7. The first kappa shape index (κ1) is 26.1. The Morgan fingerprint density at radius 1 is 1.00 bits per heavy atom. The molecule has 0 aliphatic carbocycles. The summed E-state index contributed by atoms with van der Waals surface area (Å²) < 4.78 is 33.9. The average Bonchev–Trinajstić information content (AvgIpc) is 2.81. The number of hydrogen-bond donors (Lipinski definition) is 1. The van der Waals surface area contributed by atoms with Crippen LogP contribution in [0.15, 0.2) is 76.7 Å². The molecule has 7 nitrogen and oxygen atoms in total. The number of sulfonamides is 1. The Morgan fingerprint density at radius 2 is 1.63 bits per heavy atom. The predicted octanol–water partition coefficient (Wildman–Crippen LogP) is 4.00. The number of rotatable bonds is 10. The quantitative estimate of drug-likeness (QED) is 0.342. The summed E-state index contributed by atoms with van der Waals surface area (Å²) in [6, 6.07) is 20.5. The van der Waals surface area contributed by atoms with Gasteiger partial charge in [-0.15, -0.1) is 0 Å². The number of nitrogens with one attached hydrogen (secondary N) is 1. The molecule has 0 radical (unpaired) electrons. The molecular weight excluding hydrogens is 462 g/mol. The summed E-state index contributed by atoms with van der Waals surface area (Å²) in [6.07, 6.45) is 1.94. The molecule has 3 rings (SSSR count). The zero-order chi connectivity index (χ0) is 25.4. The third kappa shape index (κ3) is 6.77. The van der Waals surface area contributed by atoms with Crippen LogP contribution in [0.3, 0.4) is 0 Å². The van der Waals surface area contributed by atoms with Gasteiger partial charge in [0.2, 0.25) is 10.0 Å². The van der Waals surface area contributed by atoms with E-state index in [9.17, 15) is 13.2 Å². The molecule has 0 aliphatic heterocycles. The van der Waals surface area contributed by atoms with Crippen molar-refractivity contribution in [3.05, 3.63) is 94.5 Å². The Labute approximate surface area is 207 Å². The number of hydrazone groups is 1. The number of hydrogen-bond acceptors (Lipinski definition) is 5. The number of benzene rings is 3. The SMILES string of the molecule is COc1ccccc1/C=N/NC(=O)CN(CCc1ccccc1)S(=O)(=O)c1c(C)cc(C)cc1C. The van der Waals surface area contributed by atoms with Gasteiger partial charge < -0.3 is 4.74 Å². The van der Waals surface area contributed by atoms with Gasteiger partial charge >= 0.3 is 0 Å². The fourth-order valence-corrected chi connectivity index (χ4v) is 5.84. The van der Waals surface area contributed by atoms with Crippen LogP contribution in [0.25, 0.3) is 0 Å². The summed E-state index contributed by atoms with van der Waals surface area (Å²) in [5, 5.41) is 4.00. The number of para-hydroxylation sites is 1. The smallest absolute Gasteiger partial charge is 0.255 e. The molecule has 0 atom stereocenters. The summed E-state index contributed by atoms with van der Waals surface area (Å²) in [7, 11) is -2.38. The minimum absolute atomic E-state index is 0.156. The highest BCUT2D eigenvalue weighted by Crippen LogP contribution is 2.25. The van der Waals surface area contributed by atoms with E-state index in [4.69, 9.17) is 4.74 Å². The maximum Gasteiger partial charge on any atom is 0.255 e. The minimum atomic E-state index is -3.93. The number of ether oxygens (including phenoxy) is 1. The highest BCUT2D eigenvalue weighted by Gasteiger charge is 2.29. The van der Waals surface area contributed by atoms with E-state index in [-0.39, 0.29) is 18.0 Å². The van der Waals surface area contributed by atoms with Crippen molar-refractivity contribution in [3.63, 3.8) is 0 Å². The van der Waals surface area contributed by atoms with Crippen molar-refractivity contribution in [2.45, 2.75) is 32.1 Å². The maximum absolute atomic E-state index is 13.7. The Hall–Kier alpha value is -3.49. The molecule has 0 aliphatic rings. The fourth-order valence-electron chi connectivity index (χ4n) is 4.03. The van der Waals surface area contributed by atoms with Crippen LogP contribution < -0.4 is 10.2 Å². The van der Waals surface area contributed by atoms with Gasteiger partial charge in [0.05, 0.1) is 24.8 Å². The molecule has 0 fully saturated rings.